The largest absolute Gasteiger partial charge is 0.481 e. The summed E-state index contributed by atoms with van der Waals surface area (Å²) in [6.07, 6.45) is 7.49. The summed E-state index contributed by atoms with van der Waals surface area (Å²) in [5, 5.41) is 9.96. The van der Waals surface area contributed by atoms with Gasteiger partial charge in [0.25, 0.3) is 0 Å². The molecule has 3 aromatic rings. The Morgan fingerprint density at radius 2 is 1.92 bits per heavy atom. The van der Waals surface area contributed by atoms with Crippen molar-refractivity contribution >= 4 is 29.3 Å². The summed E-state index contributed by atoms with van der Waals surface area (Å²) in [6.45, 7) is 0. The molecule has 3 rings (SSSR count). The second kappa shape index (κ2) is 8.50. The van der Waals surface area contributed by atoms with Gasteiger partial charge in [0.2, 0.25) is 0 Å². The summed E-state index contributed by atoms with van der Waals surface area (Å²) in [4.78, 5) is 18.3. The molecule has 0 aliphatic heterocycles. The number of aromatic amines is 1. The van der Waals surface area contributed by atoms with E-state index < -0.39 is 5.97 Å². The van der Waals surface area contributed by atoms with Crippen LogP contribution < -0.4 is 0 Å². The van der Waals surface area contributed by atoms with E-state index in [9.17, 15) is 4.79 Å². The van der Waals surface area contributed by atoms with E-state index in [1.165, 1.54) is 10.9 Å². The molecule has 0 atom stereocenters. The number of aromatic nitrogens is 2. The van der Waals surface area contributed by atoms with Crippen molar-refractivity contribution in [1.29, 1.82) is 0 Å². The first-order valence-corrected chi connectivity index (χ1v) is 7.97. The van der Waals surface area contributed by atoms with Gasteiger partial charge in [0.1, 0.15) is 0 Å². The number of carboxylic acids is 1. The molecule has 0 saturated heterocycles. The van der Waals surface area contributed by atoms with Crippen LogP contribution in [0.15, 0.2) is 48.8 Å². The first-order valence-electron chi connectivity index (χ1n) is 7.97. The molecular weight excluding hydrogens is 324 g/mol. The fourth-order valence-corrected chi connectivity index (χ4v) is 2.97. The Kier molecular flexibility index (Phi) is 6.38. The number of aryl methyl sites for hydroxylation is 1. The highest BCUT2D eigenvalue weighted by molar-refractivity contribution is 5.90. The molecule has 0 radical (unpaired) electrons. The number of benzene rings is 1. The van der Waals surface area contributed by atoms with Gasteiger partial charge >= 0.3 is 5.97 Å². The number of pyridine rings is 1. The molecule has 0 bridgehead atoms. The second-order valence-corrected chi connectivity index (χ2v) is 5.72. The number of hydrogen-bond donors (Lipinski definition) is 2. The monoisotopic (exact) mass is 344 g/mol. The number of rotatable bonds is 7. The molecule has 0 saturated carbocycles. The van der Waals surface area contributed by atoms with Gasteiger partial charge in [-0.1, -0.05) is 24.6 Å². The molecule has 0 unspecified atom stereocenters. The number of nitrogens with one attached hydrogen (secondary N) is 1. The molecule has 2 heterocycles. The van der Waals surface area contributed by atoms with Gasteiger partial charge in [-0.15, -0.1) is 12.4 Å². The first-order chi connectivity index (χ1) is 11.3. The van der Waals surface area contributed by atoms with Crippen LogP contribution >= 0.6 is 12.4 Å². The SMILES string of the molecule is Cl.O=C(O)CCCCCc1c(-c2cccnc2)[nH]c2ccccc12. The molecule has 126 valence electrons. The maximum absolute atomic E-state index is 10.6. The fourth-order valence-electron chi connectivity index (χ4n) is 2.97. The van der Waals surface area contributed by atoms with Gasteiger partial charge in [-0.25, -0.2) is 0 Å². The zero-order valence-corrected chi connectivity index (χ0v) is 14.2. The topological polar surface area (TPSA) is 66.0 Å². The van der Waals surface area contributed by atoms with Crippen LogP contribution in [0.25, 0.3) is 22.2 Å². The van der Waals surface area contributed by atoms with Crippen molar-refractivity contribution in [1.82, 2.24) is 9.97 Å². The third kappa shape index (κ3) is 4.15. The highest BCUT2D eigenvalue weighted by Gasteiger charge is 2.12. The Balaban J connectivity index is 0.00000208. The van der Waals surface area contributed by atoms with Crippen LogP contribution in [-0.4, -0.2) is 21.0 Å². The minimum Gasteiger partial charge on any atom is -0.481 e. The average Bonchev–Trinajstić information content (AvgIpc) is 2.94. The van der Waals surface area contributed by atoms with Crippen LogP contribution in [0.2, 0.25) is 0 Å². The van der Waals surface area contributed by atoms with Crippen molar-refractivity contribution in [3.05, 3.63) is 54.4 Å². The van der Waals surface area contributed by atoms with Crippen LogP contribution in [0.1, 0.15) is 31.2 Å². The van der Waals surface area contributed by atoms with E-state index in [2.05, 4.69) is 34.2 Å². The van der Waals surface area contributed by atoms with E-state index in [-0.39, 0.29) is 18.8 Å². The van der Waals surface area contributed by atoms with E-state index in [4.69, 9.17) is 5.11 Å². The van der Waals surface area contributed by atoms with Gasteiger partial charge in [-0.05, 0) is 43.0 Å². The average molecular weight is 345 g/mol. The van der Waals surface area contributed by atoms with Crippen molar-refractivity contribution in [2.24, 2.45) is 0 Å². The third-order valence-corrected chi connectivity index (χ3v) is 4.08. The van der Waals surface area contributed by atoms with E-state index in [1.54, 1.807) is 6.20 Å². The minimum absolute atomic E-state index is 0. The molecule has 0 aliphatic carbocycles. The third-order valence-electron chi connectivity index (χ3n) is 4.08. The van der Waals surface area contributed by atoms with Gasteiger partial charge < -0.3 is 10.1 Å². The van der Waals surface area contributed by atoms with Crippen LogP contribution in [0.5, 0.6) is 0 Å². The standard InChI is InChI=1S/C19H20N2O2.ClH/c22-18(23)11-3-1-2-9-16-15-8-4-5-10-17(15)21-19(16)14-7-6-12-20-13-14;/h4-8,10,12-13,21H,1-3,9,11H2,(H,22,23);1H. The predicted octanol–water partition coefficient (Wildman–Crippen LogP) is 4.84. The number of H-pyrrole nitrogens is 1. The molecule has 0 spiro atoms. The zero-order chi connectivity index (χ0) is 16.1. The van der Waals surface area contributed by atoms with Gasteiger partial charge in [0, 0.05) is 35.3 Å². The lowest BCUT2D eigenvalue weighted by atomic mass is 10.0. The van der Waals surface area contributed by atoms with Gasteiger partial charge in [0.15, 0.2) is 0 Å². The maximum Gasteiger partial charge on any atom is 0.303 e. The molecule has 2 aromatic heterocycles. The van der Waals surface area contributed by atoms with Crippen LogP contribution in [0.4, 0.5) is 0 Å². The first kappa shape index (κ1) is 18.0. The molecule has 0 fully saturated rings. The number of carbonyl (C=O) groups is 1. The summed E-state index contributed by atoms with van der Waals surface area (Å²) in [7, 11) is 0. The lowest BCUT2D eigenvalue weighted by molar-refractivity contribution is -0.137. The Morgan fingerprint density at radius 3 is 2.67 bits per heavy atom. The van der Waals surface area contributed by atoms with E-state index in [0.717, 1.165) is 42.5 Å². The summed E-state index contributed by atoms with van der Waals surface area (Å²) in [5.74, 6) is -0.715. The number of para-hydroxylation sites is 1. The molecule has 5 heteroatoms. The predicted molar refractivity (Wildman–Crippen MR) is 98.6 cm³/mol. The van der Waals surface area contributed by atoms with Crippen molar-refractivity contribution in [2.45, 2.75) is 32.1 Å². The molecule has 24 heavy (non-hydrogen) atoms. The number of carboxylic acid groups (broad SMARTS) is 1. The summed E-state index contributed by atoms with van der Waals surface area (Å²) in [5.41, 5.74) is 4.64. The maximum atomic E-state index is 10.6. The Labute approximate surface area is 147 Å². The van der Waals surface area contributed by atoms with E-state index in [0.29, 0.717) is 0 Å². The zero-order valence-electron chi connectivity index (χ0n) is 13.4. The Hall–Kier alpha value is -2.33. The number of nitrogens with zero attached hydrogens (tertiary/aromatic N) is 1. The van der Waals surface area contributed by atoms with Crippen molar-refractivity contribution < 1.29 is 9.90 Å². The van der Waals surface area contributed by atoms with Gasteiger partial charge in [0.05, 0.1) is 5.69 Å². The quantitative estimate of drug-likeness (QED) is 0.603. The summed E-state index contributed by atoms with van der Waals surface area (Å²) < 4.78 is 0. The second-order valence-electron chi connectivity index (χ2n) is 5.72. The Morgan fingerprint density at radius 1 is 1.08 bits per heavy atom. The normalized spacial score (nSPS) is 10.5. The van der Waals surface area contributed by atoms with Gasteiger partial charge in [-0.3, -0.25) is 9.78 Å². The number of fused-ring (bicyclic) bond motifs is 1. The summed E-state index contributed by atoms with van der Waals surface area (Å²) in [6, 6.07) is 12.3. The van der Waals surface area contributed by atoms with Crippen molar-refractivity contribution in [2.75, 3.05) is 0 Å². The number of hydrogen-bond acceptors (Lipinski definition) is 2. The lowest BCUT2D eigenvalue weighted by Crippen LogP contribution is -1.94. The van der Waals surface area contributed by atoms with E-state index in [1.807, 2.05) is 18.3 Å². The van der Waals surface area contributed by atoms with Gasteiger partial charge in [-0.2, -0.15) is 0 Å². The highest BCUT2D eigenvalue weighted by atomic mass is 35.5. The van der Waals surface area contributed by atoms with Crippen LogP contribution in [0.3, 0.4) is 0 Å². The van der Waals surface area contributed by atoms with E-state index >= 15 is 0 Å². The van der Waals surface area contributed by atoms with Crippen LogP contribution in [-0.2, 0) is 11.2 Å². The van der Waals surface area contributed by atoms with Crippen molar-refractivity contribution in [3.63, 3.8) is 0 Å². The Bertz CT molecular complexity index is 799. The summed E-state index contributed by atoms with van der Waals surface area (Å²) >= 11 is 0. The minimum atomic E-state index is -0.715. The highest BCUT2D eigenvalue weighted by Crippen LogP contribution is 2.31. The molecule has 0 aliphatic rings. The smallest absolute Gasteiger partial charge is 0.303 e. The molecular formula is C19H21ClN2O2. The molecule has 0 amide bonds. The number of halogens is 1. The van der Waals surface area contributed by atoms with Crippen LogP contribution in [0, 0.1) is 0 Å². The number of unbranched alkanes of at least 4 members (excludes halogenated alkanes) is 2. The fraction of sp³-hybridized carbons (Fsp3) is 0.263. The molecule has 2 N–H and O–H groups in total. The number of aliphatic carboxylic acids is 1. The molecule has 4 nitrogen and oxygen atoms in total. The lowest BCUT2D eigenvalue weighted by Gasteiger charge is -2.05. The molecule has 1 aromatic carbocycles. The van der Waals surface area contributed by atoms with Crippen molar-refractivity contribution in [3.8, 4) is 11.3 Å².